The van der Waals surface area contributed by atoms with Crippen LogP contribution in [0, 0.1) is 16.7 Å². The monoisotopic (exact) mass is 422 g/mol. The Balaban J connectivity index is 1.56. The molecular formula is C22H27FN8. The summed E-state index contributed by atoms with van der Waals surface area (Å²) in [6.07, 6.45) is 6.56. The van der Waals surface area contributed by atoms with Gasteiger partial charge in [0, 0.05) is 54.4 Å². The highest BCUT2D eigenvalue weighted by Crippen LogP contribution is 2.37. The van der Waals surface area contributed by atoms with Crippen molar-refractivity contribution in [1.29, 1.82) is 10.7 Å². The van der Waals surface area contributed by atoms with Gasteiger partial charge in [0.1, 0.15) is 11.6 Å². The van der Waals surface area contributed by atoms with Crippen molar-refractivity contribution in [3.8, 4) is 6.07 Å². The van der Waals surface area contributed by atoms with E-state index in [1.807, 2.05) is 12.1 Å². The molecule has 2 fully saturated rings. The van der Waals surface area contributed by atoms with Crippen LogP contribution < -0.4 is 16.4 Å². The summed E-state index contributed by atoms with van der Waals surface area (Å²) in [5.74, 6) is -0.231. The number of piperidine rings is 1. The number of aromatic nitrogens is 2. The summed E-state index contributed by atoms with van der Waals surface area (Å²) < 4.78 is 14.0. The highest BCUT2D eigenvalue weighted by molar-refractivity contribution is 6.05. The summed E-state index contributed by atoms with van der Waals surface area (Å²) >= 11 is 0. The fourth-order valence-corrected chi connectivity index (χ4v) is 4.76. The number of amidine groups is 1. The molecule has 0 radical (unpaired) electrons. The number of allylic oxidation sites excluding steroid dienone is 1. The number of pyridine rings is 2. The summed E-state index contributed by atoms with van der Waals surface area (Å²) in [4.78, 5) is 11.5. The molecule has 0 unspecified atom stereocenters. The molecular weight excluding hydrogens is 395 g/mol. The Bertz CT molecular complexity index is 1040. The van der Waals surface area contributed by atoms with Crippen LogP contribution in [0.5, 0.6) is 0 Å². The molecule has 2 aromatic heterocycles. The molecule has 0 aliphatic carbocycles. The molecule has 2 saturated heterocycles. The number of anilines is 2. The van der Waals surface area contributed by atoms with Crippen LogP contribution in [0.3, 0.4) is 0 Å². The van der Waals surface area contributed by atoms with Gasteiger partial charge in [-0.05, 0) is 44.7 Å². The van der Waals surface area contributed by atoms with E-state index in [2.05, 4.69) is 31.6 Å². The van der Waals surface area contributed by atoms with Crippen molar-refractivity contribution in [1.82, 2.24) is 14.9 Å². The van der Waals surface area contributed by atoms with Gasteiger partial charge in [-0.15, -0.1) is 0 Å². The first-order chi connectivity index (χ1) is 15.0. The fraction of sp³-hybridized carbons (Fsp3) is 0.455. The lowest BCUT2D eigenvalue weighted by Gasteiger charge is -2.39. The number of nitrogens with two attached hydrogens (primary N) is 1. The zero-order valence-corrected chi connectivity index (χ0v) is 17.5. The zero-order chi connectivity index (χ0) is 22.0. The number of hydrogen-bond donors (Lipinski definition) is 4. The van der Waals surface area contributed by atoms with E-state index in [0.29, 0.717) is 35.7 Å². The van der Waals surface area contributed by atoms with Gasteiger partial charge in [-0.2, -0.15) is 5.26 Å². The van der Waals surface area contributed by atoms with Crippen LogP contribution in [-0.4, -0.2) is 45.4 Å². The molecule has 0 saturated carbocycles. The predicted octanol–water partition coefficient (Wildman–Crippen LogP) is 3.50. The van der Waals surface area contributed by atoms with Gasteiger partial charge in [-0.1, -0.05) is 0 Å². The minimum Gasteiger partial charge on any atom is -0.400 e. The molecule has 2 aliphatic heterocycles. The van der Waals surface area contributed by atoms with E-state index < -0.39 is 11.7 Å². The Labute approximate surface area is 180 Å². The summed E-state index contributed by atoms with van der Waals surface area (Å²) in [6, 6.07) is 8.98. The molecule has 4 heterocycles. The zero-order valence-electron chi connectivity index (χ0n) is 17.5. The summed E-state index contributed by atoms with van der Waals surface area (Å²) in [6.45, 7) is 2.25. The van der Waals surface area contributed by atoms with Gasteiger partial charge in [0.2, 0.25) is 0 Å². The van der Waals surface area contributed by atoms with Crippen molar-refractivity contribution in [2.75, 3.05) is 17.2 Å². The van der Waals surface area contributed by atoms with Crippen molar-refractivity contribution < 1.29 is 4.39 Å². The van der Waals surface area contributed by atoms with Gasteiger partial charge in [0.15, 0.2) is 11.7 Å². The third-order valence-corrected chi connectivity index (χ3v) is 6.13. The van der Waals surface area contributed by atoms with Crippen LogP contribution in [0.1, 0.15) is 39.0 Å². The number of nitrogens with one attached hydrogen (secondary N) is 3. The van der Waals surface area contributed by atoms with E-state index in [0.717, 1.165) is 37.6 Å². The topological polar surface area (TPSA) is 127 Å². The lowest BCUT2D eigenvalue weighted by atomic mass is 9.97. The number of fused-ring (bicyclic) bond motifs is 3. The highest BCUT2D eigenvalue weighted by atomic mass is 19.1. The molecule has 2 aromatic rings. The van der Waals surface area contributed by atoms with Gasteiger partial charge in [0.25, 0.3) is 0 Å². The van der Waals surface area contributed by atoms with Crippen molar-refractivity contribution in [2.24, 2.45) is 5.73 Å². The van der Waals surface area contributed by atoms with Gasteiger partial charge < -0.3 is 16.4 Å². The maximum absolute atomic E-state index is 14.0. The standard InChI is InChI=1S/C22H27FN8/c1-13(25)20(23)21(26)29-19-12-18-17(4-2-8-27-18)22(30-19)28-14-10-15-5-6-16(11-14)31(15)9-3-7-24/h2,4,8,12,14-16H,3,5-6,9-11,25H2,1H3,(H3,26,28,29,30)/b20-13+/t14-,15-,16+. The molecule has 9 heteroatoms. The first-order valence-electron chi connectivity index (χ1n) is 10.6. The molecule has 5 N–H and O–H groups in total. The van der Waals surface area contributed by atoms with Gasteiger partial charge in [0.05, 0.1) is 11.6 Å². The van der Waals surface area contributed by atoms with Gasteiger partial charge in [-0.25, -0.2) is 9.37 Å². The number of rotatable bonds is 6. The van der Waals surface area contributed by atoms with E-state index in [9.17, 15) is 4.39 Å². The van der Waals surface area contributed by atoms with Gasteiger partial charge >= 0.3 is 0 Å². The predicted molar refractivity (Wildman–Crippen MR) is 119 cm³/mol. The first kappa shape index (κ1) is 21.0. The molecule has 0 spiro atoms. The van der Waals surface area contributed by atoms with E-state index >= 15 is 0 Å². The minimum atomic E-state index is -0.807. The lowest BCUT2D eigenvalue weighted by molar-refractivity contribution is 0.136. The van der Waals surface area contributed by atoms with Crippen molar-refractivity contribution in [2.45, 2.75) is 57.2 Å². The fourth-order valence-electron chi connectivity index (χ4n) is 4.76. The van der Waals surface area contributed by atoms with Crippen LogP contribution in [-0.2, 0) is 0 Å². The second-order valence-corrected chi connectivity index (χ2v) is 8.27. The number of nitriles is 1. The normalized spacial score (nSPS) is 23.8. The van der Waals surface area contributed by atoms with Crippen molar-refractivity contribution >= 4 is 28.4 Å². The average molecular weight is 423 g/mol. The van der Waals surface area contributed by atoms with Crippen LogP contribution in [0.25, 0.3) is 10.9 Å². The van der Waals surface area contributed by atoms with Crippen LogP contribution in [0.4, 0.5) is 16.0 Å². The summed E-state index contributed by atoms with van der Waals surface area (Å²) in [7, 11) is 0. The molecule has 3 atom stereocenters. The van der Waals surface area contributed by atoms with Crippen molar-refractivity contribution in [3.05, 3.63) is 35.9 Å². The van der Waals surface area contributed by atoms with E-state index in [1.54, 1.807) is 12.3 Å². The number of nitrogens with zero attached hydrogens (tertiary/aromatic N) is 4. The molecule has 2 bridgehead atoms. The van der Waals surface area contributed by atoms with Gasteiger partial charge in [-0.3, -0.25) is 15.3 Å². The number of hydrogen-bond acceptors (Lipinski definition) is 7. The first-order valence-corrected chi connectivity index (χ1v) is 10.6. The molecule has 2 aliphatic rings. The average Bonchev–Trinajstić information content (AvgIpc) is 2.99. The van der Waals surface area contributed by atoms with E-state index in [4.69, 9.17) is 16.4 Å². The Hall–Kier alpha value is -3.25. The second kappa shape index (κ2) is 8.86. The van der Waals surface area contributed by atoms with Crippen LogP contribution in [0.15, 0.2) is 35.9 Å². The Morgan fingerprint density at radius 1 is 1.39 bits per heavy atom. The lowest BCUT2D eigenvalue weighted by Crippen LogP contribution is -2.47. The largest absolute Gasteiger partial charge is 0.400 e. The summed E-state index contributed by atoms with van der Waals surface area (Å²) in [5.41, 5.74) is 6.11. The molecule has 0 aromatic carbocycles. The highest BCUT2D eigenvalue weighted by Gasteiger charge is 2.40. The van der Waals surface area contributed by atoms with E-state index in [1.165, 1.54) is 6.92 Å². The third kappa shape index (κ3) is 4.44. The Kier molecular flexibility index (Phi) is 6.00. The molecule has 31 heavy (non-hydrogen) atoms. The molecule has 4 rings (SSSR count). The van der Waals surface area contributed by atoms with Crippen LogP contribution in [0.2, 0.25) is 0 Å². The third-order valence-electron chi connectivity index (χ3n) is 6.13. The second-order valence-electron chi connectivity index (χ2n) is 8.27. The maximum Gasteiger partial charge on any atom is 0.183 e. The Morgan fingerprint density at radius 3 is 2.81 bits per heavy atom. The maximum atomic E-state index is 14.0. The van der Waals surface area contributed by atoms with Crippen molar-refractivity contribution in [3.63, 3.8) is 0 Å². The Morgan fingerprint density at radius 2 is 2.13 bits per heavy atom. The minimum absolute atomic E-state index is 0.0617. The summed E-state index contributed by atoms with van der Waals surface area (Å²) in [5, 5.41) is 24.0. The quantitative estimate of drug-likeness (QED) is 0.414. The molecule has 8 nitrogen and oxygen atoms in total. The number of halogens is 1. The van der Waals surface area contributed by atoms with E-state index in [-0.39, 0.29) is 11.7 Å². The molecule has 162 valence electrons. The van der Waals surface area contributed by atoms with Crippen LogP contribution >= 0.6 is 0 Å². The SMILES string of the molecule is C/C(N)=C(\F)C(=N)Nc1cc2ncccc2c(N[C@@H]2C[C@H]3CC[C@@H](C2)N3CCC#N)n1. The smallest absolute Gasteiger partial charge is 0.183 e. The molecule has 0 amide bonds.